The molecule has 41 heteroatoms. The average molecular weight is 1730 g/mol. The minimum Gasteiger partial charge on any atom is -0.495 e. The highest BCUT2D eigenvalue weighted by Gasteiger charge is 2.27. The quantitative estimate of drug-likeness (QED) is 0.0218. The van der Waals surface area contributed by atoms with Gasteiger partial charge in [0, 0.05) is 148 Å². The second kappa shape index (κ2) is 48.1. The smallest absolute Gasteiger partial charge is 0.291 e. The van der Waals surface area contributed by atoms with Crippen molar-refractivity contribution in [3.63, 3.8) is 0 Å². The highest BCUT2D eigenvalue weighted by atomic mass is 35.5. The summed E-state index contributed by atoms with van der Waals surface area (Å²) < 4.78 is 65.0. The normalized spacial score (nSPS) is 13.2. The van der Waals surface area contributed by atoms with Crippen molar-refractivity contribution in [2.24, 2.45) is 35.2 Å². The molecule has 0 aliphatic heterocycles. The number of carbonyl (C=O) groups is 9. The number of rotatable bonds is 53. The van der Waals surface area contributed by atoms with Gasteiger partial charge in [-0.1, -0.05) is 22.8 Å². The van der Waals surface area contributed by atoms with E-state index in [1.54, 1.807) is 59.3 Å². The molecule has 1 saturated carbocycles. The molecule has 1 aromatic carbocycles. The highest BCUT2D eigenvalue weighted by molar-refractivity contribution is 6.32. The molecule has 0 bridgehead atoms. The zero-order chi connectivity index (χ0) is 87.6. The zero-order valence-corrected chi connectivity index (χ0v) is 71.3. The van der Waals surface area contributed by atoms with Crippen LogP contribution in [0.2, 0.25) is 5.02 Å². The molecule has 1 fully saturated rings. The van der Waals surface area contributed by atoms with Gasteiger partial charge >= 0.3 is 0 Å². The summed E-state index contributed by atoms with van der Waals surface area (Å²) >= 11 is 6.47. The molecule has 0 saturated heterocycles. The van der Waals surface area contributed by atoms with Crippen molar-refractivity contribution in [3.8, 4) is 16.9 Å². The van der Waals surface area contributed by atoms with Gasteiger partial charge in [-0.05, 0) is 99.9 Å². The van der Waals surface area contributed by atoms with E-state index in [2.05, 4.69) is 96.0 Å². The van der Waals surface area contributed by atoms with Crippen LogP contribution in [0, 0.1) is 13.8 Å². The third-order valence-electron chi connectivity index (χ3n) is 19.6. The fourth-order valence-electron chi connectivity index (χ4n) is 13.3. The third-order valence-corrected chi connectivity index (χ3v) is 19.9. The van der Waals surface area contributed by atoms with Crippen molar-refractivity contribution in [2.45, 2.75) is 90.1 Å². The Morgan fingerprint density at radius 1 is 0.472 bits per heavy atom. The molecule has 8 aromatic heterocycles. The van der Waals surface area contributed by atoms with E-state index in [0.29, 0.717) is 122 Å². The molecule has 0 radical (unpaired) electrons. The molecule has 10 N–H and O–H groups in total. The molecule has 8 heterocycles. The maximum atomic E-state index is 13.3. The molecule has 123 heavy (non-hydrogen) atoms. The second-order valence-electron chi connectivity index (χ2n) is 28.9. The molecule has 664 valence electrons. The van der Waals surface area contributed by atoms with Crippen LogP contribution in [0.3, 0.4) is 0 Å². The molecule has 1 aliphatic rings. The molecule has 40 nitrogen and oxygen atoms in total. The average Bonchev–Trinajstić information content (AvgIpc) is 1.63. The number of hydrogen-bond donors (Lipinski definition) is 10. The van der Waals surface area contributed by atoms with E-state index >= 15 is 0 Å². The number of aromatic nitrogens is 11. The van der Waals surface area contributed by atoms with Crippen molar-refractivity contribution in [1.82, 2.24) is 78.9 Å². The maximum absolute atomic E-state index is 13.3. The standard InChI is InChI=1S/C82H110ClN21O19/c1-53-73(54(2)123-98-53)56-20-27-104-68(46-56)93-62(15-9-55-10-16-65(114-8)61(83)45-55)74(104)90-58-13-11-57(12-14-58)89-72(108)21-29-115-31-33-117-35-37-119-39-41-121-43-44-122-42-40-120-38-36-118-34-32-116-30-26-84-69(105)17-22-88-80(111)76-96-66(51-102(76)6)94-70(106)18-23-87-79(110)64-48-60(50-101(64)5)92-82(113)77-97-67(52-103(77)7)95-71(107)19-24-86-78(109)63-47-59(49-100(63)4)91-81(112)75-85-25-28-99(75)3/h10,16,20,25,27-28,45-52,57-58,90H,9,11-15,17-19,21-24,26,29-44H2,1-8H3,(H,84,105)(H,86,109)(H,87,110)(H,88,111)(H,89,108)(H,91,112)(H,92,113)(H,94,106)(H,95,107). The van der Waals surface area contributed by atoms with E-state index in [0.717, 1.165) is 77.4 Å². The van der Waals surface area contributed by atoms with Gasteiger partial charge in [0.1, 0.15) is 34.4 Å². The van der Waals surface area contributed by atoms with Crippen molar-refractivity contribution in [2.75, 3.05) is 166 Å². The number of carbonyl (C=O) groups excluding carboxylic acids is 9. The van der Waals surface area contributed by atoms with Gasteiger partial charge in [-0.3, -0.25) is 47.6 Å². The summed E-state index contributed by atoms with van der Waals surface area (Å²) in [7, 11) is 9.65. The Labute approximate surface area is 715 Å². The number of anilines is 5. The maximum Gasteiger partial charge on any atom is 0.291 e. The molecule has 10 rings (SSSR count). The molecule has 9 aromatic rings. The number of amides is 9. The SMILES string of the molecule is COc1ccc(CCc2nc3cc(-c4c(C)noc4C)ccn3c2NC2CCC(NC(=O)CCOCCOCCOCCOCCOCCOCCOCCOCCNC(=O)CCNC(=O)c3nc(NC(=O)CCNC(=O)c4cc(NC(=O)c5nc(NC(=O)CCNC(=O)c6cc(NC(=O)c7nccn7C)cn6C)cn5C)cn4C)cn3C)CC2)cc1Cl. The predicted molar refractivity (Wildman–Crippen MR) is 452 cm³/mol. The topological polar surface area (TPSA) is 464 Å². The number of aryl methyl sites for hydroxylation is 9. The lowest BCUT2D eigenvalue weighted by molar-refractivity contribution is -0.123. The summed E-state index contributed by atoms with van der Waals surface area (Å²) in [4.78, 5) is 133. The van der Waals surface area contributed by atoms with Crippen LogP contribution < -0.4 is 57.9 Å². The molecular weight excluding hydrogens is 1620 g/mol. The van der Waals surface area contributed by atoms with Crippen LogP contribution in [-0.2, 0) is 105 Å². The van der Waals surface area contributed by atoms with E-state index in [9.17, 15) is 43.2 Å². The van der Waals surface area contributed by atoms with Crippen LogP contribution in [0.15, 0.2) is 90.4 Å². The molecule has 0 atom stereocenters. The van der Waals surface area contributed by atoms with Gasteiger partial charge in [-0.25, -0.2) is 19.9 Å². The Morgan fingerprint density at radius 2 is 0.967 bits per heavy atom. The first-order chi connectivity index (χ1) is 59.5. The minimum absolute atomic E-state index is 0.00639. The first kappa shape index (κ1) is 93.4. The number of nitrogens with one attached hydrogen (secondary N) is 10. The summed E-state index contributed by atoms with van der Waals surface area (Å²) in [5.41, 5.74) is 6.73. The second-order valence-corrected chi connectivity index (χ2v) is 29.3. The van der Waals surface area contributed by atoms with Gasteiger partial charge < -0.3 is 123 Å². The Kier molecular flexibility index (Phi) is 36.5. The minimum atomic E-state index is -0.640. The Hall–Kier alpha value is -11.9. The summed E-state index contributed by atoms with van der Waals surface area (Å²) in [6.07, 6.45) is 16.1. The number of methoxy groups -OCH3 is 1. The summed E-state index contributed by atoms with van der Waals surface area (Å²) in [5.74, 6) is -1.31. The van der Waals surface area contributed by atoms with Gasteiger partial charge in [0.2, 0.25) is 35.3 Å². The number of nitrogens with zero attached hydrogens (tertiary/aromatic N) is 11. The first-order valence-electron chi connectivity index (χ1n) is 40.6. The Bertz CT molecular complexity index is 5000. The fraction of sp³-hybridized carbons (Fsp3) is 0.488. The lowest BCUT2D eigenvalue weighted by Crippen LogP contribution is -2.40. The Balaban J connectivity index is 0.465. The summed E-state index contributed by atoms with van der Waals surface area (Å²) in [6, 6.07) is 13.3. The van der Waals surface area contributed by atoms with Crippen molar-refractivity contribution in [1.29, 1.82) is 0 Å². The van der Waals surface area contributed by atoms with Crippen LogP contribution in [0.4, 0.5) is 28.8 Å². The summed E-state index contributed by atoms with van der Waals surface area (Å²) in [6.45, 7) is 10.0. The predicted octanol–water partition coefficient (Wildman–Crippen LogP) is 5.25. The molecule has 9 amide bonds. The number of halogens is 1. The lowest BCUT2D eigenvalue weighted by atomic mass is 9.91. The van der Waals surface area contributed by atoms with Gasteiger partial charge in [0.05, 0.1) is 141 Å². The van der Waals surface area contributed by atoms with E-state index in [-0.39, 0.29) is 129 Å². The van der Waals surface area contributed by atoms with Crippen LogP contribution in [-0.4, -0.2) is 257 Å². The monoisotopic (exact) mass is 1730 g/mol. The molecule has 1 aliphatic carbocycles. The number of fused-ring (bicyclic) bond motifs is 1. The lowest BCUT2D eigenvalue weighted by Gasteiger charge is -2.30. The van der Waals surface area contributed by atoms with Gasteiger partial charge in [-0.2, -0.15) is 0 Å². The first-order valence-corrected chi connectivity index (χ1v) is 41.0. The number of pyridine rings is 1. The molecule has 0 unspecified atom stereocenters. The van der Waals surface area contributed by atoms with Gasteiger partial charge in [0.15, 0.2) is 17.5 Å². The highest BCUT2D eigenvalue weighted by Crippen LogP contribution is 2.33. The number of ether oxygens (including phenoxy) is 9. The van der Waals surface area contributed by atoms with Crippen LogP contribution in [0.1, 0.15) is 127 Å². The van der Waals surface area contributed by atoms with E-state index in [4.69, 9.17) is 63.7 Å². The van der Waals surface area contributed by atoms with Crippen molar-refractivity contribution in [3.05, 3.63) is 142 Å². The number of hydrogen-bond acceptors (Lipinski definition) is 25. The van der Waals surface area contributed by atoms with Crippen LogP contribution in [0.25, 0.3) is 16.8 Å². The van der Waals surface area contributed by atoms with Crippen molar-refractivity contribution < 1.29 is 90.3 Å². The van der Waals surface area contributed by atoms with Crippen molar-refractivity contribution >= 4 is 99.2 Å². The largest absolute Gasteiger partial charge is 0.495 e. The molecule has 0 spiro atoms. The zero-order valence-electron chi connectivity index (χ0n) is 70.5. The molecular formula is C82H110ClN21O19. The Morgan fingerprint density at radius 3 is 1.47 bits per heavy atom. The fourth-order valence-corrected chi connectivity index (χ4v) is 13.6. The summed E-state index contributed by atoms with van der Waals surface area (Å²) in [5, 5.41) is 33.1. The van der Waals surface area contributed by atoms with E-state index in [1.165, 1.54) is 55.2 Å². The van der Waals surface area contributed by atoms with E-state index in [1.807, 2.05) is 32.0 Å². The van der Waals surface area contributed by atoms with Crippen LogP contribution in [0.5, 0.6) is 5.75 Å². The number of imidazole rings is 4. The van der Waals surface area contributed by atoms with Crippen LogP contribution >= 0.6 is 11.6 Å². The van der Waals surface area contributed by atoms with E-state index < -0.39 is 41.4 Å². The van der Waals surface area contributed by atoms with Gasteiger partial charge in [-0.15, -0.1) is 0 Å². The van der Waals surface area contributed by atoms with Gasteiger partial charge in [0.25, 0.3) is 29.5 Å². The third kappa shape index (κ3) is 29.2. The number of benzene rings is 1.